The third-order valence-electron chi connectivity index (χ3n) is 3.46. The number of aryl methyl sites for hydroxylation is 1. The summed E-state index contributed by atoms with van der Waals surface area (Å²) in [7, 11) is 0. The fraction of sp³-hybridized carbons (Fsp3) is 0.429. The molecule has 1 aliphatic carbocycles. The largest absolute Gasteiger partial charge is 0.481 e. The molecule has 0 unspecified atom stereocenters. The van der Waals surface area contributed by atoms with Gasteiger partial charge in [0.05, 0.1) is 5.92 Å². The summed E-state index contributed by atoms with van der Waals surface area (Å²) in [4.78, 5) is 23.0. The molecule has 4 nitrogen and oxygen atoms in total. The first-order chi connectivity index (χ1) is 8.95. The van der Waals surface area contributed by atoms with E-state index in [9.17, 15) is 9.59 Å². The highest BCUT2D eigenvalue weighted by molar-refractivity contribution is 9.10. The summed E-state index contributed by atoms with van der Waals surface area (Å²) < 4.78 is 0.914. The molecule has 0 aliphatic heterocycles. The number of hydrogen-bond donors (Lipinski definition) is 2. The smallest absolute Gasteiger partial charge is 0.306 e. The molecule has 1 amide bonds. The number of nitrogens with one attached hydrogen (secondary N) is 1. The van der Waals surface area contributed by atoms with Gasteiger partial charge in [-0.05, 0) is 49.9 Å². The Kier molecular flexibility index (Phi) is 4.24. The molecule has 2 N–H and O–H groups in total. The summed E-state index contributed by atoms with van der Waals surface area (Å²) in [5.41, 5.74) is 1.80. The van der Waals surface area contributed by atoms with E-state index < -0.39 is 5.97 Å². The van der Waals surface area contributed by atoms with E-state index in [4.69, 9.17) is 5.11 Å². The molecule has 1 saturated carbocycles. The summed E-state index contributed by atoms with van der Waals surface area (Å²) >= 11 is 3.39. The molecule has 1 aliphatic rings. The molecular weight excluding hydrogens is 310 g/mol. The quantitative estimate of drug-likeness (QED) is 0.896. The van der Waals surface area contributed by atoms with Crippen molar-refractivity contribution in [3.8, 4) is 0 Å². The lowest BCUT2D eigenvalue weighted by Gasteiger charge is -2.11. The zero-order valence-electron chi connectivity index (χ0n) is 10.6. The van der Waals surface area contributed by atoms with Gasteiger partial charge in [-0.25, -0.2) is 0 Å². The third-order valence-corrected chi connectivity index (χ3v) is 3.92. The lowest BCUT2D eigenvalue weighted by Crippen LogP contribution is -2.21. The molecule has 1 aromatic carbocycles. The predicted octanol–water partition coefficient (Wildman–Crippen LogP) is 3.20. The minimum atomic E-state index is -0.798. The topological polar surface area (TPSA) is 66.4 Å². The normalized spacial score (nSPS) is 22.2. The molecule has 2 rings (SSSR count). The standard InChI is InChI=1S/C14H16BrNO3/c1-8-4-11(15)7-12(5-8)16-13(17)9-2-3-10(6-9)14(18)19/h4-5,7,9-10H,2-3,6H2,1H3,(H,16,17)(H,18,19)/t9-,10+/m1/s1. The summed E-state index contributed by atoms with van der Waals surface area (Å²) in [5, 5.41) is 11.8. The second kappa shape index (κ2) is 5.74. The minimum absolute atomic E-state index is 0.0822. The molecule has 0 saturated heterocycles. The first kappa shape index (κ1) is 14.1. The highest BCUT2D eigenvalue weighted by Gasteiger charge is 2.33. The maximum atomic E-state index is 12.1. The summed E-state index contributed by atoms with van der Waals surface area (Å²) in [6, 6.07) is 5.70. The Hall–Kier alpha value is -1.36. The minimum Gasteiger partial charge on any atom is -0.481 e. The van der Waals surface area contributed by atoms with E-state index in [2.05, 4.69) is 21.2 Å². The van der Waals surface area contributed by atoms with Gasteiger partial charge in [0.25, 0.3) is 0 Å². The van der Waals surface area contributed by atoms with E-state index in [0.717, 1.165) is 15.7 Å². The molecule has 0 radical (unpaired) electrons. The number of carboxylic acid groups (broad SMARTS) is 1. The Balaban J connectivity index is 2.00. The number of hydrogen-bond acceptors (Lipinski definition) is 2. The highest BCUT2D eigenvalue weighted by Crippen LogP contribution is 2.32. The van der Waals surface area contributed by atoms with Gasteiger partial charge in [-0.2, -0.15) is 0 Å². The first-order valence-electron chi connectivity index (χ1n) is 6.26. The molecule has 5 heteroatoms. The number of halogens is 1. The van der Waals surface area contributed by atoms with Crippen LogP contribution in [0.5, 0.6) is 0 Å². The molecular formula is C14H16BrNO3. The number of carboxylic acids is 1. The summed E-state index contributed by atoms with van der Waals surface area (Å²) in [5.74, 6) is -1.45. The number of carbonyl (C=O) groups excluding carboxylic acids is 1. The van der Waals surface area contributed by atoms with Crippen molar-refractivity contribution in [3.63, 3.8) is 0 Å². The Bertz CT molecular complexity index is 495. The SMILES string of the molecule is Cc1cc(Br)cc(NC(=O)[C@@H]2CC[C@H](C(=O)O)C2)c1. The molecule has 1 aromatic rings. The van der Waals surface area contributed by atoms with E-state index in [-0.39, 0.29) is 17.7 Å². The zero-order valence-corrected chi connectivity index (χ0v) is 12.2. The van der Waals surface area contributed by atoms with Gasteiger partial charge in [-0.3, -0.25) is 9.59 Å². The number of anilines is 1. The van der Waals surface area contributed by atoms with Gasteiger partial charge in [0.2, 0.25) is 5.91 Å². The lowest BCUT2D eigenvalue weighted by atomic mass is 10.0. The van der Waals surface area contributed by atoms with Crippen LogP contribution in [-0.2, 0) is 9.59 Å². The monoisotopic (exact) mass is 325 g/mol. The fourth-order valence-corrected chi connectivity index (χ4v) is 3.10. The van der Waals surface area contributed by atoms with Crippen LogP contribution in [-0.4, -0.2) is 17.0 Å². The van der Waals surface area contributed by atoms with Crippen molar-refractivity contribution in [1.82, 2.24) is 0 Å². The number of carbonyl (C=O) groups is 2. The van der Waals surface area contributed by atoms with Crippen LogP contribution in [0.1, 0.15) is 24.8 Å². The van der Waals surface area contributed by atoms with Crippen LogP contribution in [0.25, 0.3) is 0 Å². The Morgan fingerprint density at radius 2 is 1.95 bits per heavy atom. The summed E-state index contributed by atoms with van der Waals surface area (Å²) in [6.07, 6.45) is 1.68. The predicted molar refractivity (Wildman–Crippen MR) is 76.0 cm³/mol. The third kappa shape index (κ3) is 3.56. The van der Waals surface area contributed by atoms with Crippen LogP contribution in [0.2, 0.25) is 0 Å². The Morgan fingerprint density at radius 1 is 1.26 bits per heavy atom. The number of amides is 1. The molecule has 1 fully saturated rings. The average molecular weight is 326 g/mol. The summed E-state index contributed by atoms with van der Waals surface area (Å²) in [6.45, 7) is 1.95. The van der Waals surface area contributed by atoms with E-state index in [1.54, 1.807) is 0 Å². The Labute approximate surface area is 120 Å². The lowest BCUT2D eigenvalue weighted by molar-refractivity contribution is -0.141. The van der Waals surface area contributed by atoms with Crippen molar-refractivity contribution in [2.24, 2.45) is 11.8 Å². The van der Waals surface area contributed by atoms with Crippen LogP contribution in [0, 0.1) is 18.8 Å². The maximum absolute atomic E-state index is 12.1. The molecule has 0 aromatic heterocycles. The van der Waals surface area contributed by atoms with Gasteiger partial charge in [-0.1, -0.05) is 15.9 Å². The van der Waals surface area contributed by atoms with E-state index in [0.29, 0.717) is 19.3 Å². The van der Waals surface area contributed by atoms with Crippen LogP contribution in [0.15, 0.2) is 22.7 Å². The number of aliphatic carboxylic acids is 1. The molecule has 0 heterocycles. The number of rotatable bonds is 3. The highest BCUT2D eigenvalue weighted by atomic mass is 79.9. The van der Waals surface area contributed by atoms with Crippen LogP contribution < -0.4 is 5.32 Å². The van der Waals surface area contributed by atoms with E-state index in [1.807, 2.05) is 25.1 Å². The van der Waals surface area contributed by atoms with E-state index >= 15 is 0 Å². The van der Waals surface area contributed by atoms with Crippen molar-refractivity contribution in [1.29, 1.82) is 0 Å². The molecule has 0 bridgehead atoms. The fourth-order valence-electron chi connectivity index (χ4n) is 2.50. The van der Waals surface area contributed by atoms with Crippen LogP contribution in [0.4, 0.5) is 5.69 Å². The van der Waals surface area contributed by atoms with Gasteiger partial charge < -0.3 is 10.4 Å². The van der Waals surface area contributed by atoms with Gasteiger partial charge in [0, 0.05) is 16.1 Å². The second-order valence-electron chi connectivity index (χ2n) is 5.05. The zero-order chi connectivity index (χ0) is 14.0. The Morgan fingerprint density at radius 3 is 2.53 bits per heavy atom. The molecule has 2 atom stereocenters. The van der Waals surface area contributed by atoms with Crippen molar-refractivity contribution >= 4 is 33.5 Å². The van der Waals surface area contributed by atoms with Gasteiger partial charge in [0.15, 0.2) is 0 Å². The maximum Gasteiger partial charge on any atom is 0.306 e. The van der Waals surface area contributed by atoms with E-state index in [1.165, 1.54) is 0 Å². The van der Waals surface area contributed by atoms with Crippen molar-refractivity contribution in [3.05, 3.63) is 28.2 Å². The van der Waals surface area contributed by atoms with Gasteiger partial charge >= 0.3 is 5.97 Å². The average Bonchev–Trinajstić information content (AvgIpc) is 2.76. The van der Waals surface area contributed by atoms with Crippen molar-refractivity contribution in [2.45, 2.75) is 26.2 Å². The van der Waals surface area contributed by atoms with Crippen molar-refractivity contribution in [2.75, 3.05) is 5.32 Å². The van der Waals surface area contributed by atoms with Crippen LogP contribution in [0.3, 0.4) is 0 Å². The number of benzene rings is 1. The first-order valence-corrected chi connectivity index (χ1v) is 7.06. The van der Waals surface area contributed by atoms with Crippen molar-refractivity contribution < 1.29 is 14.7 Å². The van der Waals surface area contributed by atoms with Gasteiger partial charge in [-0.15, -0.1) is 0 Å². The molecule has 0 spiro atoms. The molecule has 19 heavy (non-hydrogen) atoms. The van der Waals surface area contributed by atoms with Crippen LogP contribution >= 0.6 is 15.9 Å². The van der Waals surface area contributed by atoms with Gasteiger partial charge in [0.1, 0.15) is 0 Å². The second-order valence-corrected chi connectivity index (χ2v) is 5.97. The molecule has 102 valence electrons.